The van der Waals surface area contributed by atoms with Crippen molar-refractivity contribution in [2.24, 2.45) is 5.92 Å². The van der Waals surface area contributed by atoms with Crippen molar-refractivity contribution >= 4 is 27.5 Å². The Morgan fingerprint density at radius 1 is 1.50 bits per heavy atom. The topological polar surface area (TPSA) is 54.0 Å². The quantitative estimate of drug-likeness (QED) is 0.898. The first-order valence-corrected chi connectivity index (χ1v) is 7.15. The first-order chi connectivity index (χ1) is 8.75. The number of pyridine rings is 1. The van der Waals surface area contributed by atoms with E-state index >= 15 is 0 Å². The largest absolute Gasteiger partial charge is 0.325 e. The van der Waals surface area contributed by atoms with Gasteiger partial charge in [-0.25, -0.2) is 0 Å². The molecule has 0 spiro atoms. The van der Waals surface area contributed by atoms with E-state index in [1.54, 1.807) is 18.5 Å². The Labute approximate surface area is 116 Å². The summed E-state index contributed by atoms with van der Waals surface area (Å²) >= 11 is 3.37. The van der Waals surface area contributed by atoms with E-state index in [-0.39, 0.29) is 5.91 Å². The maximum atomic E-state index is 11.8. The van der Waals surface area contributed by atoms with E-state index in [9.17, 15) is 4.79 Å². The molecule has 1 saturated heterocycles. The van der Waals surface area contributed by atoms with Crippen LogP contribution >= 0.6 is 15.9 Å². The van der Waals surface area contributed by atoms with E-state index < -0.39 is 0 Å². The molecule has 0 bridgehead atoms. The van der Waals surface area contributed by atoms with Gasteiger partial charge < -0.3 is 10.6 Å². The third-order valence-electron chi connectivity index (χ3n) is 3.28. The van der Waals surface area contributed by atoms with Crippen LogP contribution in [0.3, 0.4) is 0 Å². The summed E-state index contributed by atoms with van der Waals surface area (Å²) in [6.45, 7) is 2.17. The van der Waals surface area contributed by atoms with Crippen molar-refractivity contribution in [1.82, 2.24) is 10.3 Å². The van der Waals surface area contributed by atoms with Crippen LogP contribution in [0.4, 0.5) is 5.69 Å². The Morgan fingerprint density at radius 2 is 2.28 bits per heavy atom. The predicted molar refractivity (Wildman–Crippen MR) is 75.4 cm³/mol. The highest BCUT2D eigenvalue weighted by molar-refractivity contribution is 9.10. The second-order valence-corrected chi connectivity index (χ2v) is 5.49. The van der Waals surface area contributed by atoms with Crippen molar-refractivity contribution in [3.8, 4) is 0 Å². The third-order valence-corrected chi connectivity index (χ3v) is 3.92. The Bertz CT molecular complexity index is 405. The fourth-order valence-electron chi connectivity index (χ4n) is 2.19. The van der Waals surface area contributed by atoms with Gasteiger partial charge in [-0.05, 0) is 60.3 Å². The van der Waals surface area contributed by atoms with E-state index in [2.05, 4.69) is 31.5 Å². The SMILES string of the molecule is O=C(CCC1CCNCC1)Nc1ccncc1Br. The maximum absolute atomic E-state index is 11.8. The zero-order valence-electron chi connectivity index (χ0n) is 10.3. The van der Waals surface area contributed by atoms with Crippen LogP contribution in [0, 0.1) is 5.92 Å². The molecule has 1 aliphatic rings. The molecule has 0 saturated carbocycles. The molecule has 1 aromatic heterocycles. The molecule has 1 aliphatic heterocycles. The normalized spacial score (nSPS) is 16.5. The highest BCUT2D eigenvalue weighted by Crippen LogP contribution is 2.21. The average molecular weight is 312 g/mol. The highest BCUT2D eigenvalue weighted by Gasteiger charge is 2.14. The summed E-state index contributed by atoms with van der Waals surface area (Å²) in [6.07, 6.45) is 7.31. The summed E-state index contributed by atoms with van der Waals surface area (Å²) in [5.41, 5.74) is 0.792. The van der Waals surface area contributed by atoms with Gasteiger partial charge in [-0.2, -0.15) is 0 Å². The van der Waals surface area contributed by atoms with Gasteiger partial charge in [0.1, 0.15) is 0 Å². The molecule has 0 radical (unpaired) electrons. The van der Waals surface area contributed by atoms with Crippen LogP contribution < -0.4 is 10.6 Å². The number of rotatable bonds is 4. The Balaban J connectivity index is 1.76. The molecule has 1 amide bonds. The van der Waals surface area contributed by atoms with Gasteiger partial charge in [-0.3, -0.25) is 9.78 Å². The summed E-state index contributed by atoms with van der Waals surface area (Å²) in [5.74, 6) is 0.776. The van der Waals surface area contributed by atoms with Gasteiger partial charge in [0.15, 0.2) is 0 Å². The minimum atomic E-state index is 0.0837. The number of anilines is 1. The molecule has 2 rings (SSSR count). The van der Waals surface area contributed by atoms with Gasteiger partial charge in [0, 0.05) is 18.8 Å². The number of carbonyl (C=O) groups is 1. The third kappa shape index (κ3) is 4.07. The van der Waals surface area contributed by atoms with E-state index in [0.717, 1.165) is 29.7 Å². The number of carbonyl (C=O) groups excluding carboxylic acids is 1. The van der Waals surface area contributed by atoms with E-state index in [4.69, 9.17) is 0 Å². The lowest BCUT2D eigenvalue weighted by molar-refractivity contribution is -0.116. The molecular formula is C13H18BrN3O. The number of nitrogens with zero attached hydrogens (tertiary/aromatic N) is 1. The highest BCUT2D eigenvalue weighted by atomic mass is 79.9. The van der Waals surface area contributed by atoms with E-state index in [0.29, 0.717) is 12.3 Å². The molecule has 2 N–H and O–H groups in total. The van der Waals surface area contributed by atoms with Crippen LogP contribution in [0.1, 0.15) is 25.7 Å². The number of halogens is 1. The van der Waals surface area contributed by atoms with Gasteiger partial charge in [0.05, 0.1) is 10.2 Å². The summed E-state index contributed by atoms with van der Waals surface area (Å²) in [5, 5.41) is 6.24. The molecule has 2 heterocycles. The van der Waals surface area contributed by atoms with Crippen molar-refractivity contribution in [3.05, 3.63) is 22.9 Å². The van der Waals surface area contributed by atoms with Crippen molar-refractivity contribution in [2.45, 2.75) is 25.7 Å². The second kappa shape index (κ2) is 6.85. The van der Waals surface area contributed by atoms with Crippen LogP contribution in [0.5, 0.6) is 0 Å². The van der Waals surface area contributed by atoms with Gasteiger partial charge in [-0.15, -0.1) is 0 Å². The van der Waals surface area contributed by atoms with Crippen LogP contribution in [0.2, 0.25) is 0 Å². The number of nitrogens with one attached hydrogen (secondary N) is 2. The fraction of sp³-hybridized carbons (Fsp3) is 0.538. The Kier molecular flexibility index (Phi) is 5.13. The molecule has 0 aromatic carbocycles. The van der Waals surface area contributed by atoms with Gasteiger partial charge in [-0.1, -0.05) is 0 Å². The lowest BCUT2D eigenvalue weighted by Gasteiger charge is -2.22. The number of amides is 1. The monoisotopic (exact) mass is 311 g/mol. The number of hydrogen-bond acceptors (Lipinski definition) is 3. The molecule has 98 valence electrons. The second-order valence-electron chi connectivity index (χ2n) is 4.64. The van der Waals surface area contributed by atoms with Crippen molar-refractivity contribution < 1.29 is 4.79 Å². The summed E-state index contributed by atoms with van der Waals surface area (Å²) in [4.78, 5) is 15.8. The summed E-state index contributed by atoms with van der Waals surface area (Å²) < 4.78 is 0.820. The molecule has 0 atom stereocenters. The van der Waals surface area contributed by atoms with Crippen molar-refractivity contribution in [1.29, 1.82) is 0 Å². The number of hydrogen-bond donors (Lipinski definition) is 2. The first-order valence-electron chi connectivity index (χ1n) is 6.36. The van der Waals surface area contributed by atoms with Crippen LogP contribution in [0.25, 0.3) is 0 Å². The number of aromatic nitrogens is 1. The van der Waals surface area contributed by atoms with E-state index in [1.165, 1.54) is 12.8 Å². The smallest absolute Gasteiger partial charge is 0.224 e. The molecule has 4 nitrogen and oxygen atoms in total. The number of piperidine rings is 1. The fourth-order valence-corrected chi connectivity index (χ4v) is 2.54. The zero-order valence-corrected chi connectivity index (χ0v) is 11.9. The Hall–Kier alpha value is -0.940. The van der Waals surface area contributed by atoms with Crippen LogP contribution in [0.15, 0.2) is 22.9 Å². The zero-order chi connectivity index (χ0) is 12.8. The minimum absolute atomic E-state index is 0.0837. The van der Waals surface area contributed by atoms with Crippen LogP contribution in [-0.4, -0.2) is 24.0 Å². The molecule has 0 unspecified atom stereocenters. The lowest BCUT2D eigenvalue weighted by Crippen LogP contribution is -2.28. The van der Waals surface area contributed by atoms with Gasteiger partial charge in [0.2, 0.25) is 5.91 Å². The van der Waals surface area contributed by atoms with Gasteiger partial charge >= 0.3 is 0 Å². The van der Waals surface area contributed by atoms with Crippen molar-refractivity contribution in [3.63, 3.8) is 0 Å². The lowest BCUT2D eigenvalue weighted by atomic mass is 9.93. The minimum Gasteiger partial charge on any atom is -0.325 e. The molecule has 18 heavy (non-hydrogen) atoms. The van der Waals surface area contributed by atoms with Crippen molar-refractivity contribution in [2.75, 3.05) is 18.4 Å². The summed E-state index contributed by atoms with van der Waals surface area (Å²) in [6, 6.07) is 1.80. The standard InChI is InChI=1S/C13H18BrN3O/c14-11-9-16-8-5-12(11)17-13(18)2-1-10-3-6-15-7-4-10/h5,8-10,15H,1-4,6-7H2,(H,16,17,18). The summed E-state index contributed by atoms with van der Waals surface area (Å²) in [7, 11) is 0. The molecule has 1 fully saturated rings. The molecule has 0 aliphatic carbocycles. The predicted octanol–water partition coefficient (Wildman–Crippen LogP) is 2.56. The molecular weight excluding hydrogens is 294 g/mol. The average Bonchev–Trinajstić information content (AvgIpc) is 2.40. The van der Waals surface area contributed by atoms with E-state index in [1.807, 2.05) is 0 Å². The first kappa shape index (κ1) is 13.5. The van der Waals surface area contributed by atoms with Crippen LogP contribution in [-0.2, 0) is 4.79 Å². The molecule has 1 aromatic rings. The molecule has 5 heteroatoms. The maximum Gasteiger partial charge on any atom is 0.224 e. The van der Waals surface area contributed by atoms with Gasteiger partial charge in [0.25, 0.3) is 0 Å². The Morgan fingerprint density at radius 3 is 3.00 bits per heavy atom.